The van der Waals surface area contributed by atoms with Crippen molar-refractivity contribution in [2.45, 2.75) is 6.54 Å². The fraction of sp³-hybridized carbons (Fsp3) is 0.0526. The van der Waals surface area contributed by atoms with Gasteiger partial charge in [-0.25, -0.2) is 0 Å². The molecule has 0 N–H and O–H groups in total. The molecular formula is C19H16Cl2NP. The lowest BCUT2D eigenvalue weighted by atomic mass is 10.1. The van der Waals surface area contributed by atoms with Gasteiger partial charge in [-0.15, -0.1) is 0 Å². The molecule has 0 aliphatic carbocycles. The van der Waals surface area contributed by atoms with Crippen molar-refractivity contribution in [3.63, 3.8) is 0 Å². The minimum Gasteiger partial charge on any atom is -0.343 e. The minimum absolute atomic E-state index is 0.782. The normalized spacial score (nSPS) is 16.0. The van der Waals surface area contributed by atoms with Gasteiger partial charge in [-0.05, 0) is 23.3 Å². The van der Waals surface area contributed by atoms with E-state index >= 15 is 0 Å². The molecule has 0 fully saturated rings. The Labute approximate surface area is 147 Å². The summed E-state index contributed by atoms with van der Waals surface area (Å²) < 4.78 is 0. The standard InChI is InChI=1S/C19H16Cl2NP/c20-23(21)19(17-11-5-2-6-12-17)18-13-7-8-14-22(18)15-16-9-3-1-4-10-16/h1-14H,15H2/b19-18+. The van der Waals surface area contributed by atoms with Crippen LogP contribution in [-0.4, -0.2) is 4.90 Å². The topological polar surface area (TPSA) is 3.24 Å². The van der Waals surface area contributed by atoms with Gasteiger partial charge < -0.3 is 4.90 Å². The first-order chi connectivity index (χ1) is 11.3. The molecule has 0 bridgehead atoms. The third-order valence-corrected chi connectivity index (χ3v) is 5.43. The van der Waals surface area contributed by atoms with Gasteiger partial charge in [0.05, 0.1) is 5.70 Å². The number of hydrogen-bond acceptors (Lipinski definition) is 1. The van der Waals surface area contributed by atoms with Gasteiger partial charge in [-0.2, -0.15) is 0 Å². The van der Waals surface area contributed by atoms with Gasteiger partial charge in [-0.1, -0.05) is 89.2 Å². The zero-order valence-electron chi connectivity index (χ0n) is 12.4. The van der Waals surface area contributed by atoms with Crippen molar-refractivity contribution in [3.8, 4) is 0 Å². The van der Waals surface area contributed by atoms with Gasteiger partial charge >= 0.3 is 0 Å². The van der Waals surface area contributed by atoms with Gasteiger partial charge in [0.1, 0.15) is 6.63 Å². The van der Waals surface area contributed by atoms with E-state index in [1.165, 1.54) is 5.56 Å². The van der Waals surface area contributed by atoms with Crippen LogP contribution >= 0.6 is 29.1 Å². The van der Waals surface area contributed by atoms with Crippen molar-refractivity contribution in [1.82, 2.24) is 4.90 Å². The zero-order chi connectivity index (χ0) is 16.1. The fourth-order valence-corrected chi connectivity index (χ4v) is 4.36. The largest absolute Gasteiger partial charge is 0.343 e. The van der Waals surface area contributed by atoms with Crippen LogP contribution in [0.3, 0.4) is 0 Å². The first-order valence-corrected chi connectivity index (χ1v) is 10.5. The SMILES string of the molecule is ClP(Cl)/C(=C1\C=CC=CN1Cc1ccccc1)c1ccccc1. The number of nitrogens with zero attached hydrogens (tertiary/aromatic N) is 1. The molecule has 1 aliphatic heterocycles. The third kappa shape index (κ3) is 4.06. The van der Waals surface area contributed by atoms with Crippen LogP contribution in [0.4, 0.5) is 0 Å². The summed E-state index contributed by atoms with van der Waals surface area (Å²) in [6.45, 7) is -0.485. The average molecular weight is 360 g/mol. The lowest BCUT2D eigenvalue weighted by molar-refractivity contribution is 0.473. The van der Waals surface area contributed by atoms with Crippen molar-refractivity contribution in [2.75, 3.05) is 0 Å². The molecular weight excluding hydrogens is 344 g/mol. The lowest BCUT2D eigenvalue weighted by Crippen LogP contribution is -2.17. The fourth-order valence-electron chi connectivity index (χ4n) is 2.54. The summed E-state index contributed by atoms with van der Waals surface area (Å²) in [5, 5.41) is 0.987. The lowest BCUT2D eigenvalue weighted by Gasteiger charge is -2.27. The number of rotatable bonds is 4. The molecule has 1 nitrogen and oxygen atoms in total. The summed E-state index contributed by atoms with van der Waals surface area (Å²) in [6.07, 6.45) is 8.19. The van der Waals surface area contributed by atoms with E-state index in [4.69, 9.17) is 22.5 Å². The molecule has 116 valence electrons. The summed E-state index contributed by atoms with van der Waals surface area (Å²) in [6, 6.07) is 20.5. The van der Waals surface area contributed by atoms with Gasteiger partial charge in [0.25, 0.3) is 0 Å². The number of halogens is 2. The second kappa shape index (κ2) is 7.84. The quantitative estimate of drug-likeness (QED) is 0.547. The molecule has 4 heteroatoms. The molecule has 2 aromatic rings. The van der Waals surface area contributed by atoms with Crippen molar-refractivity contribution in [1.29, 1.82) is 0 Å². The predicted molar refractivity (Wildman–Crippen MR) is 102 cm³/mol. The van der Waals surface area contributed by atoms with Crippen molar-refractivity contribution >= 4 is 34.4 Å². The molecule has 0 saturated carbocycles. The molecule has 0 spiro atoms. The minimum atomic E-state index is -1.27. The number of benzene rings is 2. The van der Waals surface area contributed by atoms with E-state index in [-0.39, 0.29) is 0 Å². The summed E-state index contributed by atoms with van der Waals surface area (Å²) in [5.41, 5.74) is 3.36. The highest BCUT2D eigenvalue weighted by atomic mass is 35.9. The van der Waals surface area contributed by atoms with Crippen LogP contribution in [0.2, 0.25) is 0 Å². The Hall–Kier alpha value is -1.53. The Balaban J connectivity index is 2.02. The van der Waals surface area contributed by atoms with E-state index in [0.717, 1.165) is 23.1 Å². The van der Waals surface area contributed by atoms with Crippen molar-refractivity contribution in [3.05, 3.63) is 102 Å². The highest BCUT2D eigenvalue weighted by Gasteiger charge is 2.20. The summed E-state index contributed by atoms with van der Waals surface area (Å²) in [5.74, 6) is 0. The molecule has 3 rings (SSSR count). The Bertz CT molecular complexity index is 736. The number of allylic oxidation sites excluding steroid dienone is 3. The smallest absolute Gasteiger partial charge is 0.119 e. The molecule has 0 saturated heterocycles. The van der Waals surface area contributed by atoms with Crippen LogP contribution < -0.4 is 0 Å². The highest BCUT2D eigenvalue weighted by molar-refractivity contribution is 8.10. The predicted octanol–water partition coefficient (Wildman–Crippen LogP) is 6.73. The van der Waals surface area contributed by atoms with E-state index in [1.807, 2.05) is 36.4 Å². The van der Waals surface area contributed by atoms with Crippen LogP contribution in [0.1, 0.15) is 11.1 Å². The van der Waals surface area contributed by atoms with Gasteiger partial charge in [0.15, 0.2) is 0 Å². The second-order valence-corrected chi connectivity index (χ2v) is 8.61. The van der Waals surface area contributed by atoms with Gasteiger partial charge in [0.2, 0.25) is 0 Å². The van der Waals surface area contributed by atoms with E-state index in [9.17, 15) is 0 Å². The Morgan fingerprint density at radius 2 is 1.52 bits per heavy atom. The van der Waals surface area contributed by atoms with Gasteiger partial charge in [-0.3, -0.25) is 0 Å². The monoisotopic (exact) mass is 359 g/mol. The zero-order valence-corrected chi connectivity index (χ0v) is 14.8. The maximum atomic E-state index is 6.37. The van der Waals surface area contributed by atoms with E-state index < -0.39 is 6.63 Å². The molecule has 1 heterocycles. The summed E-state index contributed by atoms with van der Waals surface area (Å²) in [4.78, 5) is 2.19. The van der Waals surface area contributed by atoms with E-state index in [1.54, 1.807) is 0 Å². The molecule has 0 aromatic heterocycles. The van der Waals surface area contributed by atoms with Crippen LogP contribution in [0.5, 0.6) is 0 Å². The highest BCUT2D eigenvalue weighted by Crippen LogP contribution is 2.61. The number of hydrogen-bond donors (Lipinski definition) is 0. The van der Waals surface area contributed by atoms with Crippen LogP contribution in [-0.2, 0) is 6.54 Å². The Morgan fingerprint density at radius 3 is 2.17 bits per heavy atom. The second-order valence-electron chi connectivity index (χ2n) is 5.15. The maximum absolute atomic E-state index is 6.37. The average Bonchev–Trinajstić information content (AvgIpc) is 2.58. The maximum Gasteiger partial charge on any atom is 0.119 e. The molecule has 0 unspecified atom stereocenters. The van der Waals surface area contributed by atoms with Crippen molar-refractivity contribution in [2.24, 2.45) is 0 Å². The van der Waals surface area contributed by atoms with Crippen LogP contribution in [0.25, 0.3) is 5.31 Å². The molecule has 0 radical (unpaired) electrons. The van der Waals surface area contributed by atoms with Crippen LogP contribution in [0, 0.1) is 0 Å². The summed E-state index contributed by atoms with van der Waals surface area (Å²) >= 11 is 12.7. The molecule has 2 aromatic carbocycles. The van der Waals surface area contributed by atoms with Crippen molar-refractivity contribution < 1.29 is 0 Å². The summed E-state index contributed by atoms with van der Waals surface area (Å²) in [7, 11) is 0. The first-order valence-electron chi connectivity index (χ1n) is 7.32. The van der Waals surface area contributed by atoms with Crippen LogP contribution in [0.15, 0.2) is 90.8 Å². The van der Waals surface area contributed by atoms with E-state index in [0.29, 0.717) is 0 Å². The molecule has 1 aliphatic rings. The van der Waals surface area contributed by atoms with Gasteiger partial charge in [0, 0.05) is 18.1 Å². The molecule has 0 amide bonds. The molecule has 23 heavy (non-hydrogen) atoms. The molecule has 0 atom stereocenters. The Kier molecular flexibility index (Phi) is 5.56. The third-order valence-electron chi connectivity index (χ3n) is 3.60. The van der Waals surface area contributed by atoms with E-state index in [2.05, 4.69) is 53.6 Å². The Morgan fingerprint density at radius 1 is 0.870 bits per heavy atom. The first kappa shape index (κ1) is 16.3.